The number of phenols is 1. The fraction of sp³-hybridized carbons (Fsp3) is 0.333. The molecule has 0 spiro atoms. The largest absolute Gasteiger partial charge is 0.507 e. The third-order valence-corrected chi connectivity index (χ3v) is 6.92. The summed E-state index contributed by atoms with van der Waals surface area (Å²) >= 11 is 0. The zero-order chi connectivity index (χ0) is 20.6. The first-order valence-corrected chi connectivity index (χ1v) is 10.4. The molecule has 0 amide bonds. The first-order valence-electron chi connectivity index (χ1n) is 8.93. The van der Waals surface area contributed by atoms with Crippen LogP contribution in [0.2, 0.25) is 0 Å². The minimum atomic E-state index is -3.97. The molecular formula is C18H19N3O7S. The average Bonchev–Trinajstić information content (AvgIpc) is 3.15. The van der Waals surface area contributed by atoms with Crippen LogP contribution in [0.15, 0.2) is 41.3 Å². The molecule has 1 N–H and O–H groups in total. The smallest absolute Gasteiger partial charge is 0.289 e. The van der Waals surface area contributed by atoms with E-state index in [9.17, 15) is 23.6 Å². The van der Waals surface area contributed by atoms with Gasteiger partial charge in [0, 0.05) is 50.4 Å². The van der Waals surface area contributed by atoms with Gasteiger partial charge >= 0.3 is 0 Å². The second-order valence-electron chi connectivity index (χ2n) is 6.74. The summed E-state index contributed by atoms with van der Waals surface area (Å²) in [6, 6.07) is 8.57. The third-order valence-electron chi connectivity index (χ3n) is 4.98. The number of rotatable bonds is 5. The number of hydrogen-bond acceptors (Lipinski definition) is 8. The highest BCUT2D eigenvalue weighted by Crippen LogP contribution is 2.38. The van der Waals surface area contributed by atoms with Crippen molar-refractivity contribution in [1.29, 1.82) is 0 Å². The molecule has 154 valence electrons. The molecule has 2 aromatic carbocycles. The van der Waals surface area contributed by atoms with Crippen LogP contribution in [0.4, 0.5) is 5.69 Å². The molecule has 1 saturated heterocycles. The van der Waals surface area contributed by atoms with Crippen molar-refractivity contribution in [3.05, 3.63) is 52.1 Å². The van der Waals surface area contributed by atoms with E-state index in [4.69, 9.17) is 9.47 Å². The van der Waals surface area contributed by atoms with E-state index in [1.807, 2.05) is 4.90 Å². The molecule has 2 heterocycles. The number of piperazine rings is 1. The Kier molecular flexibility index (Phi) is 5.03. The summed E-state index contributed by atoms with van der Waals surface area (Å²) in [5.74, 6) is 1.14. The molecular weight excluding hydrogens is 402 g/mol. The minimum Gasteiger partial charge on any atom is -0.507 e. The lowest BCUT2D eigenvalue weighted by atomic mass is 10.1. The Morgan fingerprint density at radius 2 is 1.72 bits per heavy atom. The van der Waals surface area contributed by atoms with E-state index in [1.54, 1.807) is 6.07 Å². The Morgan fingerprint density at radius 1 is 1.07 bits per heavy atom. The SMILES string of the molecule is O=[N+]([O-])c1ccccc1S(=O)(=O)N1CCN(Cc2cc3c(cc2O)OCO3)CC1. The van der Waals surface area contributed by atoms with E-state index in [-0.39, 0.29) is 30.5 Å². The fourth-order valence-corrected chi connectivity index (χ4v) is 5.01. The predicted molar refractivity (Wildman–Crippen MR) is 101 cm³/mol. The van der Waals surface area contributed by atoms with E-state index in [1.165, 1.54) is 34.6 Å². The second-order valence-corrected chi connectivity index (χ2v) is 8.65. The number of nitrogens with zero attached hydrogens (tertiary/aromatic N) is 3. The number of nitro groups is 1. The van der Waals surface area contributed by atoms with Gasteiger partial charge in [-0.2, -0.15) is 4.31 Å². The number of benzene rings is 2. The summed E-state index contributed by atoms with van der Waals surface area (Å²) in [4.78, 5) is 12.2. The zero-order valence-electron chi connectivity index (χ0n) is 15.4. The molecule has 2 aromatic rings. The summed E-state index contributed by atoms with van der Waals surface area (Å²) in [5.41, 5.74) is 0.226. The van der Waals surface area contributed by atoms with E-state index in [0.717, 1.165) is 0 Å². The topological polar surface area (TPSA) is 122 Å². The molecule has 0 aliphatic carbocycles. The van der Waals surface area contributed by atoms with Gasteiger partial charge in [0.05, 0.1) is 4.92 Å². The first-order chi connectivity index (χ1) is 13.9. The number of nitro benzene ring substituents is 1. The molecule has 10 nitrogen and oxygen atoms in total. The van der Waals surface area contributed by atoms with Crippen LogP contribution in [0.25, 0.3) is 0 Å². The first kappa shape index (κ1) is 19.4. The highest BCUT2D eigenvalue weighted by atomic mass is 32.2. The molecule has 29 heavy (non-hydrogen) atoms. The van der Waals surface area contributed by atoms with Gasteiger partial charge in [0.25, 0.3) is 5.69 Å². The molecule has 0 radical (unpaired) electrons. The Bertz CT molecular complexity index is 1050. The second kappa shape index (κ2) is 7.50. The normalized spacial score (nSPS) is 17.4. The minimum absolute atomic E-state index is 0.0872. The van der Waals surface area contributed by atoms with Crippen molar-refractivity contribution in [3.8, 4) is 17.2 Å². The lowest BCUT2D eigenvalue weighted by Gasteiger charge is -2.34. The van der Waals surface area contributed by atoms with Gasteiger partial charge in [-0.1, -0.05) is 12.1 Å². The molecule has 0 atom stereocenters. The van der Waals surface area contributed by atoms with Crippen molar-refractivity contribution in [2.24, 2.45) is 0 Å². The number of para-hydroxylation sites is 1. The highest BCUT2D eigenvalue weighted by Gasteiger charge is 2.33. The van der Waals surface area contributed by atoms with Gasteiger partial charge < -0.3 is 14.6 Å². The van der Waals surface area contributed by atoms with Crippen molar-refractivity contribution >= 4 is 15.7 Å². The van der Waals surface area contributed by atoms with E-state index < -0.39 is 20.6 Å². The van der Waals surface area contributed by atoms with Crippen molar-refractivity contribution < 1.29 is 27.9 Å². The lowest BCUT2D eigenvalue weighted by molar-refractivity contribution is -0.387. The number of phenolic OH excluding ortho intramolecular Hbond substituents is 1. The van der Waals surface area contributed by atoms with Crippen LogP contribution >= 0.6 is 0 Å². The number of fused-ring (bicyclic) bond motifs is 1. The van der Waals surface area contributed by atoms with Gasteiger partial charge in [-0.3, -0.25) is 15.0 Å². The van der Waals surface area contributed by atoms with Crippen molar-refractivity contribution in [1.82, 2.24) is 9.21 Å². The number of aromatic hydroxyl groups is 1. The van der Waals surface area contributed by atoms with Crippen LogP contribution in [-0.2, 0) is 16.6 Å². The summed E-state index contributed by atoms with van der Waals surface area (Å²) in [5, 5.41) is 21.4. The summed E-state index contributed by atoms with van der Waals surface area (Å²) in [6.45, 7) is 1.77. The van der Waals surface area contributed by atoms with E-state index in [2.05, 4.69) is 0 Å². The molecule has 0 unspecified atom stereocenters. The molecule has 2 aliphatic heterocycles. The molecule has 4 rings (SSSR count). The molecule has 0 aromatic heterocycles. The van der Waals surface area contributed by atoms with Crippen LogP contribution < -0.4 is 9.47 Å². The van der Waals surface area contributed by atoms with Gasteiger partial charge in [-0.15, -0.1) is 0 Å². The molecule has 11 heteroatoms. The number of hydrogen-bond donors (Lipinski definition) is 1. The molecule has 0 bridgehead atoms. The van der Waals surface area contributed by atoms with Crippen LogP contribution in [0.3, 0.4) is 0 Å². The van der Waals surface area contributed by atoms with Gasteiger partial charge in [0.1, 0.15) is 5.75 Å². The highest BCUT2D eigenvalue weighted by molar-refractivity contribution is 7.89. The van der Waals surface area contributed by atoms with Gasteiger partial charge in [0.15, 0.2) is 16.4 Å². The van der Waals surface area contributed by atoms with E-state index in [0.29, 0.717) is 36.7 Å². The van der Waals surface area contributed by atoms with Crippen LogP contribution in [-0.4, -0.2) is 60.6 Å². The van der Waals surface area contributed by atoms with Gasteiger partial charge in [-0.05, 0) is 12.1 Å². The number of sulfonamides is 1. The van der Waals surface area contributed by atoms with Crippen molar-refractivity contribution in [2.75, 3.05) is 33.0 Å². The maximum absolute atomic E-state index is 12.9. The van der Waals surface area contributed by atoms with Crippen LogP contribution in [0, 0.1) is 10.1 Å². The predicted octanol–water partition coefficient (Wildman–Crippen LogP) is 1.54. The Morgan fingerprint density at radius 3 is 2.41 bits per heavy atom. The standard InChI is InChI=1S/C18H19N3O7S/c22-15-10-17-16(27-12-28-17)9-13(15)11-19-5-7-20(8-6-19)29(25,26)18-4-2-1-3-14(18)21(23)24/h1-4,9-10,22H,5-8,11-12H2. The molecule has 1 fully saturated rings. The Balaban J connectivity index is 1.45. The summed E-state index contributed by atoms with van der Waals surface area (Å²) in [7, 11) is -3.97. The van der Waals surface area contributed by atoms with Crippen molar-refractivity contribution in [2.45, 2.75) is 11.4 Å². The monoisotopic (exact) mass is 421 g/mol. The summed E-state index contributed by atoms with van der Waals surface area (Å²) in [6.07, 6.45) is 0. The molecule has 2 aliphatic rings. The van der Waals surface area contributed by atoms with Crippen LogP contribution in [0.1, 0.15) is 5.56 Å². The van der Waals surface area contributed by atoms with Crippen molar-refractivity contribution in [3.63, 3.8) is 0 Å². The van der Waals surface area contributed by atoms with Crippen LogP contribution in [0.5, 0.6) is 17.2 Å². The van der Waals surface area contributed by atoms with Gasteiger partial charge in [0.2, 0.25) is 16.8 Å². The average molecular weight is 421 g/mol. The third kappa shape index (κ3) is 3.71. The maximum atomic E-state index is 12.9. The fourth-order valence-electron chi connectivity index (χ4n) is 3.43. The zero-order valence-corrected chi connectivity index (χ0v) is 16.2. The Labute approximate surface area is 167 Å². The quantitative estimate of drug-likeness (QED) is 0.570. The Hall–Kier alpha value is -2.89. The maximum Gasteiger partial charge on any atom is 0.289 e. The number of ether oxygens (including phenoxy) is 2. The van der Waals surface area contributed by atoms with E-state index >= 15 is 0 Å². The molecule has 0 saturated carbocycles. The van der Waals surface area contributed by atoms with Gasteiger partial charge in [-0.25, -0.2) is 8.42 Å². The summed E-state index contributed by atoms with van der Waals surface area (Å²) < 4.78 is 37.6. The lowest BCUT2D eigenvalue weighted by Crippen LogP contribution is -2.48.